The van der Waals surface area contributed by atoms with Crippen molar-refractivity contribution < 1.29 is 4.79 Å². The lowest BCUT2D eigenvalue weighted by atomic mass is 10.1. The largest absolute Gasteiger partial charge is 0.378 e. The molecule has 0 spiro atoms. The highest BCUT2D eigenvalue weighted by Crippen LogP contribution is 2.19. The Morgan fingerprint density at radius 2 is 1.66 bits per heavy atom. The van der Waals surface area contributed by atoms with Gasteiger partial charge in [0.1, 0.15) is 0 Å². The first kappa shape index (κ1) is 24.6. The third kappa shape index (κ3) is 6.96. The summed E-state index contributed by atoms with van der Waals surface area (Å²) in [4.78, 5) is 19.5. The molecule has 0 unspecified atom stereocenters. The van der Waals surface area contributed by atoms with E-state index in [-0.39, 0.29) is 5.91 Å². The summed E-state index contributed by atoms with van der Waals surface area (Å²) >= 11 is 0. The van der Waals surface area contributed by atoms with E-state index in [1.54, 1.807) is 0 Å². The number of carbonyl (C=O) groups excluding carboxylic acids is 1. The number of amides is 1. The van der Waals surface area contributed by atoms with Gasteiger partial charge >= 0.3 is 0 Å². The molecule has 1 fully saturated rings. The number of benzene rings is 3. The highest BCUT2D eigenvalue weighted by atomic mass is 16.1. The number of nitrogens with zero attached hydrogens (tertiary/aromatic N) is 3. The Morgan fingerprint density at radius 1 is 0.943 bits per heavy atom. The van der Waals surface area contributed by atoms with E-state index in [2.05, 4.69) is 94.8 Å². The molecule has 3 aromatic carbocycles. The molecule has 1 aliphatic heterocycles. The summed E-state index contributed by atoms with van der Waals surface area (Å²) in [6.45, 7) is 7.61. The number of hydrogen-bond acceptors (Lipinski definition) is 4. The summed E-state index contributed by atoms with van der Waals surface area (Å²) in [5.41, 5.74) is 6.65. The van der Waals surface area contributed by atoms with Crippen LogP contribution in [0.5, 0.6) is 0 Å². The number of rotatable bonds is 8. The Hall–Kier alpha value is -3.57. The van der Waals surface area contributed by atoms with Gasteiger partial charge in [0.25, 0.3) is 5.91 Å². The second-order valence-electron chi connectivity index (χ2n) is 9.39. The van der Waals surface area contributed by atoms with Crippen molar-refractivity contribution in [1.82, 2.24) is 10.2 Å². The Kier molecular flexibility index (Phi) is 8.22. The van der Waals surface area contributed by atoms with Crippen LogP contribution in [-0.2, 0) is 6.54 Å². The van der Waals surface area contributed by atoms with Crippen LogP contribution < -0.4 is 15.1 Å². The third-order valence-corrected chi connectivity index (χ3v) is 6.50. The maximum atomic E-state index is 12.4. The van der Waals surface area contributed by atoms with Crippen molar-refractivity contribution in [2.24, 2.45) is 0 Å². The maximum Gasteiger partial charge on any atom is 0.251 e. The van der Waals surface area contributed by atoms with Crippen molar-refractivity contribution >= 4 is 23.4 Å². The van der Waals surface area contributed by atoms with E-state index in [1.807, 2.05) is 31.2 Å². The van der Waals surface area contributed by atoms with Crippen LogP contribution in [0.1, 0.15) is 27.0 Å². The molecule has 0 radical (unpaired) electrons. The average molecular weight is 469 g/mol. The molecular formula is C30H36N4O. The molecule has 0 saturated carbocycles. The average Bonchev–Trinajstić information content (AvgIpc) is 2.88. The summed E-state index contributed by atoms with van der Waals surface area (Å²) in [6.07, 6.45) is 4.47. The van der Waals surface area contributed by atoms with Gasteiger partial charge in [0.15, 0.2) is 0 Å². The molecule has 5 nitrogen and oxygen atoms in total. The Labute approximate surface area is 209 Å². The molecule has 0 bridgehead atoms. The zero-order chi connectivity index (χ0) is 24.6. The summed E-state index contributed by atoms with van der Waals surface area (Å²) in [5, 5.41) is 3.04. The standard InChI is InChI=1S/C30H36N4O/c1-24-9-13-27(14-10-24)30(35)31-23-26-6-4-8-29(22-26)34-20-18-33(19-21-34)17-5-7-25-11-15-28(16-12-25)32(2)3/h4-16,22H,17-21,23H2,1-3H3,(H,31,35)/b7-5+. The van der Waals surface area contributed by atoms with Gasteiger partial charge in [-0.05, 0) is 54.4 Å². The van der Waals surface area contributed by atoms with Crippen LogP contribution in [0.2, 0.25) is 0 Å². The number of piperazine rings is 1. The molecular weight excluding hydrogens is 432 g/mol. The fourth-order valence-electron chi connectivity index (χ4n) is 4.26. The van der Waals surface area contributed by atoms with Gasteiger partial charge in [-0.15, -0.1) is 0 Å². The lowest BCUT2D eigenvalue weighted by Crippen LogP contribution is -2.46. The number of anilines is 2. The van der Waals surface area contributed by atoms with E-state index in [1.165, 1.54) is 16.9 Å². The van der Waals surface area contributed by atoms with E-state index in [0.29, 0.717) is 12.1 Å². The van der Waals surface area contributed by atoms with Crippen LogP contribution in [-0.4, -0.2) is 57.6 Å². The van der Waals surface area contributed by atoms with E-state index < -0.39 is 0 Å². The van der Waals surface area contributed by atoms with Crippen LogP contribution in [0.25, 0.3) is 6.08 Å². The fourth-order valence-corrected chi connectivity index (χ4v) is 4.26. The minimum absolute atomic E-state index is 0.0364. The predicted molar refractivity (Wildman–Crippen MR) is 147 cm³/mol. The van der Waals surface area contributed by atoms with E-state index in [0.717, 1.165) is 43.9 Å². The summed E-state index contributed by atoms with van der Waals surface area (Å²) in [7, 11) is 4.12. The highest BCUT2D eigenvalue weighted by molar-refractivity contribution is 5.94. The van der Waals surface area contributed by atoms with Gasteiger partial charge in [-0.2, -0.15) is 0 Å². The molecule has 1 aliphatic rings. The van der Waals surface area contributed by atoms with Crippen molar-refractivity contribution in [3.8, 4) is 0 Å². The number of carbonyl (C=O) groups is 1. The second kappa shape index (κ2) is 11.7. The number of aryl methyl sites for hydroxylation is 1. The molecule has 1 saturated heterocycles. The van der Waals surface area contributed by atoms with Crippen LogP contribution in [0.3, 0.4) is 0 Å². The number of nitrogens with one attached hydrogen (secondary N) is 1. The Bertz CT molecular complexity index is 1130. The Balaban J connectivity index is 1.24. The summed E-state index contributed by atoms with van der Waals surface area (Å²) in [6, 6.07) is 24.8. The van der Waals surface area contributed by atoms with Gasteiger partial charge in [-0.1, -0.05) is 54.1 Å². The molecule has 0 aliphatic carbocycles. The van der Waals surface area contributed by atoms with Crippen molar-refractivity contribution in [3.63, 3.8) is 0 Å². The van der Waals surface area contributed by atoms with Crippen molar-refractivity contribution in [2.45, 2.75) is 13.5 Å². The molecule has 182 valence electrons. The third-order valence-electron chi connectivity index (χ3n) is 6.50. The molecule has 1 N–H and O–H groups in total. The van der Waals surface area contributed by atoms with Crippen LogP contribution in [0.15, 0.2) is 78.9 Å². The van der Waals surface area contributed by atoms with Crippen molar-refractivity contribution in [2.75, 3.05) is 56.6 Å². The normalized spacial score (nSPS) is 14.3. The van der Waals surface area contributed by atoms with E-state index in [9.17, 15) is 4.79 Å². The molecule has 0 atom stereocenters. The van der Waals surface area contributed by atoms with Crippen molar-refractivity contribution in [3.05, 3.63) is 101 Å². The van der Waals surface area contributed by atoms with Gasteiger partial charge in [-0.25, -0.2) is 0 Å². The predicted octanol–water partition coefficient (Wildman–Crippen LogP) is 4.83. The molecule has 1 amide bonds. The first-order valence-corrected chi connectivity index (χ1v) is 12.3. The molecule has 4 rings (SSSR count). The van der Waals surface area contributed by atoms with Gasteiger partial charge in [0.05, 0.1) is 0 Å². The van der Waals surface area contributed by atoms with Crippen LogP contribution >= 0.6 is 0 Å². The lowest BCUT2D eigenvalue weighted by molar-refractivity contribution is 0.0951. The quantitative estimate of drug-likeness (QED) is 0.514. The molecule has 0 aromatic heterocycles. The zero-order valence-electron chi connectivity index (χ0n) is 21.1. The maximum absolute atomic E-state index is 12.4. The topological polar surface area (TPSA) is 38.8 Å². The van der Waals surface area contributed by atoms with Gasteiger partial charge in [0.2, 0.25) is 0 Å². The van der Waals surface area contributed by atoms with E-state index >= 15 is 0 Å². The zero-order valence-corrected chi connectivity index (χ0v) is 21.1. The Morgan fingerprint density at radius 3 is 2.34 bits per heavy atom. The molecule has 5 heteroatoms. The van der Waals surface area contributed by atoms with Crippen LogP contribution in [0.4, 0.5) is 11.4 Å². The molecule has 3 aromatic rings. The van der Waals surface area contributed by atoms with Gasteiger partial charge in [-0.3, -0.25) is 9.69 Å². The van der Waals surface area contributed by atoms with Gasteiger partial charge in [0, 0.05) is 70.3 Å². The molecule has 35 heavy (non-hydrogen) atoms. The highest BCUT2D eigenvalue weighted by Gasteiger charge is 2.16. The minimum Gasteiger partial charge on any atom is -0.378 e. The monoisotopic (exact) mass is 468 g/mol. The second-order valence-corrected chi connectivity index (χ2v) is 9.39. The lowest BCUT2D eigenvalue weighted by Gasteiger charge is -2.35. The van der Waals surface area contributed by atoms with Crippen molar-refractivity contribution in [1.29, 1.82) is 0 Å². The summed E-state index contributed by atoms with van der Waals surface area (Å²) in [5.74, 6) is -0.0364. The fraction of sp³-hybridized carbons (Fsp3) is 0.300. The summed E-state index contributed by atoms with van der Waals surface area (Å²) < 4.78 is 0. The molecule has 1 heterocycles. The smallest absolute Gasteiger partial charge is 0.251 e. The van der Waals surface area contributed by atoms with E-state index in [4.69, 9.17) is 0 Å². The first-order valence-electron chi connectivity index (χ1n) is 12.3. The van der Waals surface area contributed by atoms with Gasteiger partial charge < -0.3 is 15.1 Å². The number of hydrogen-bond donors (Lipinski definition) is 1. The van der Waals surface area contributed by atoms with Crippen LogP contribution in [0, 0.1) is 6.92 Å². The first-order chi connectivity index (χ1) is 17.0. The SMILES string of the molecule is Cc1ccc(C(=O)NCc2cccc(N3CCN(C/C=C/c4ccc(N(C)C)cc4)CC3)c2)cc1. The minimum atomic E-state index is -0.0364.